The lowest BCUT2D eigenvalue weighted by atomic mass is 9.90. The third-order valence-electron chi connectivity index (χ3n) is 5.82. The number of nitrogens with zero attached hydrogens (tertiary/aromatic N) is 3. The summed E-state index contributed by atoms with van der Waals surface area (Å²) in [5.41, 5.74) is 3.17. The second kappa shape index (κ2) is 10.6. The van der Waals surface area contributed by atoms with Crippen molar-refractivity contribution in [1.29, 1.82) is 0 Å². The highest BCUT2D eigenvalue weighted by molar-refractivity contribution is 7.85. The number of amides is 2. The number of ether oxygens (including phenoxy) is 1. The van der Waals surface area contributed by atoms with Gasteiger partial charge in [-0.25, -0.2) is 14.8 Å². The molecule has 4 rings (SSSR count). The molecule has 2 aromatic carbocycles. The first-order chi connectivity index (χ1) is 16.7. The standard InChI is InChI=1S/C25H30N4O5S/c1-17(2)34-21-7-5-20(6-8-21)28-25(30)29-12-10-19(11-13-29)24-22-14-18(15-33-35(3,31)32)4-9-23(22)26-16-27-24/h4-9,14,16-17,19H,10-13,15H2,1-3H3,(H,28,30). The number of likely N-dealkylation sites (tertiary alicyclic amines) is 1. The Hall–Kier alpha value is -3.24. The Labute approximate surface area is 205 Å². The van der Waals surface area contributed by atoms with Crippen LogP contribution in [0, 0.1) is 0 Å². The minimum absolute atomic E-state index is 0.0354. The summed E-state index contributed by atoms with van der Waals surface area (Å²) in [6.07, 6.45) is 4.21. The van der Waals surface area contributed by atoms with Gasteiger partial charge in [-0.15, -0.1) is 0 Å². The van der Waals surface area contributed by atoms with Gasteiger partial charge < -0.3 is 15.0 Å². The number of urea groups is 1. The van der Waals surface area contributed by atoms with E-state index in [0.29, 0.717) is 13.1 Å². The molecule has 0 atom stereocenters. The maximum atomic E-state index is 12.8. The van der Waals surface area contributed by atoms with Crippen molar-refractivity contribution >= 4 is 32.7 Å². The van der Waals surface area contributed by atoms with E-state index in [1.165, 1.54) is 0 Å². The van der Waals surface area contributed by atoms with Crippen LogP contribution in [0.25, 0.3) is 10.9 Å². The average molecular weight is 499 g/mol. The van der Waals surface area contributed by atoms with Gasteiger partial charge in [0.2, 0.25) is 0 Å². The van der Waals surface area contributed by atoms with Crippen molar-refractivity contribution in [1.82, 2.24) is 14.9 Å². The first kappa shape index (κ1) is 24.9. The predicted molar refractivity (Wildman–Crippen MR) is 134 cm³/mol. The average Bonchev–Trinajstić information content (AvgIpc) is 2.83. The normalized spacial score (nSPS) is 14.9. The van der Waals surface area contributed by atoms with Gasteiger partial charge >= 0.3 is 6.03 Å². The van der Waals surface area contributed by atoms with Gasteiger partial charge in [0.15, 0.2) is 0 Å². The Morgan fingerprint density at radius 2 is 1.83 bits per heavy atom. The van der Waals surface area contributed by atoms with Crippen LogP contribution in [0.3, 0.4) is 0 Å². The fourth-order valence-electron chi connectivity index (χ4n) is 4.16. The molecule has 2 amide bonds. The minimum atomic E-state index is -3.53. The number of rotatable bonds is 7. The van der Waals surface area contributed by atoms with Gasteiger partial charge in [-0.05, 0) is 68.7 Å². The second-order valence-corrected chi connectivity index (χ2v) is 10.6. The van der Waals surface area contributed by atoms with Crippen LogP contribution in [0.1, 0.15) is 43.9 Å². The number of benzene rings is 2. The summed E-state index contributed by atoms with van der Waals surface area (Å²) < 4.78 is 33.3. The number of fused-ring (bicyclic) bond motifs is 1. The summed E-state index contributed by atoms with van der Waals surface area (Å²) in [6.45, 7) is 5.11. The van der Waals surface area contributed by atoms with Gasteiger partial charge in [0, 0.05) is 30.1 Å². The minimum Gasteiger partial charge on any atom is -0.491 e. The molecule has 3 aromatic rings. The number of aromatic nitrogens is 2. The van der Waals surface area contributed by atoms with E-state index in [1.807, 2.05) is 55.1 Å². The molecule has 1 aliphatic heterocycles. The maximum Gasteiger partial charge on any atom is 0.321 e. The summed E-state index contributed by atoms with van der Waals surface area (Å²) in [5, 5.41) is 3.84. The van der Waals surface area contributed by atoms with Gasteiger partial charge in [-0.3, -0.25) is 4.18 Å². The fraction of sp³-hybridized carbons (Fsp3) is 0.400. The van der Waals surface area contributed by atoms with Crippen LogP contribution in [-0.2, 0) is 20.9 Å². The second-order valence-electron chi connectivity index (χ2n) is 8.96. The lowest BCUT2D eigenvalue weighted by Gasteiger charge is -2.32. The first-order valence-corrected chi connectivity index (χ1v) is 13.4. The van der Waals surface area contributed by atoms with E-state index in [0.717, 1.165) is 52.7 Å². The predicted octanol–water partition coefficient (Wildman–Crippen LogP) is 4.30. The molecule has 10 heteroatoms. The van der Waals surface area contributed by atoms with Crippen LogP contribution in [0.4, 0.5) is 10.5 Å². The van der Waals surface area contributed by atoms with Gasteiger partial charge in [-0.2, -0.15) is 8.42 Å². The zero-order valence-corrected chi connectivity index (χ0v) is 20.9. The van der Waals surface area contributed by atoms with E-state index in [2.05, 4.69) is 15.3 Å². The molecule has 0 spiro atoms. The molecular formula is C25H30N4O5S. The van der Waals surface area contributed by atoms with Crippen molar-refractivity contribution in [3.05, 3.63) is 60.0 Å². The number of carbonyl (C=O) groups excluding carboxylic acids is 1. The zero-order chi connectivity index (χ0) is 25.0. The maximum absolute atomic E-state index is 12.8. The van der Waals surface area contributed by atoms with E-state index >= 15 is 0 Å². The third kappa shape index (κ3) is 6.67. The van der Waals surface area contributed by atoms with E-state index in [4.69, 9.17) is 8.92 Å². The van der Waals surface area contributed by atoms with Crippen molar-refractivity contribution < 1.29 is 22.1 Å². The molecule has 1 fully saturated rings. The number of anilines is 1. The highest BCUT2D eigenvalue weighted by Gasteiger charge is 2.26. The molecule has 0 aliphatic carbocycles. The van der Waals surface area contributed by atoms with Gasteiger partial charge in [0.05, 0.1) is 30.2 Å². The molecule has 186 valence electrons. The molecule has 9 nitrogen and oxygen atoms in total. The summed E-state index contributed by atoms with van der Waals surface area (Å²) in [5.74, 6) is 0.935. The molecule has 0 saturated carbocycles. The zero-order valence-electron chi connectivity index (χ0n) is 20.1. The Balaban J connectivity index is 1.39. The Kier molecular flexibility index (Phi) is 7.51. The molecular weight excluding hydrogens is 468 g/mol. The van der Waals surface area contributed by atoms with Gasteiger partial charge in [-0.1, -0.05) is 6.07 Å². The van der Waals surface area contributed by atoms with Crippen molar-refractivity contribution in [2.24, 2.45) is 0 Å². The molecule has 0 bridgehead atoms. The molecule has 1 N–H and O–H groups in total. The van der Waals surface area contributed by atoms with Crippen LogP contribution in [0.15, 0.2) is 48.8 Å². The van der Waals surface area contributed by atoms with Crippen LogP contribution in [0.5, 0.6) is 5.75 Å². The molecule has 2 heterocycles. The lowest BCUT2D eigenvalue weighted by molar-refractivity contribution is 0.194. The van der Waals surface area contributed by atoms with E-state index in [-0.39, 0.29) is 24.7 Å². The first-order valence-electron chi connectivity index (χ1n) is 11.6. The summed E-state index contributed by atoms with van der Waals surface area (Å²) >= 11 is 0. The number of nitrogens with one attached hydrogen (secondary N) is 1. The quantitative estimate of drug-likeness (QED) is 0.483. The SMILES string of the molecule is CC(C)Oc1ccc(NC(=O)N2CCC(c3ncnc4ccc(COS(C)(=O)=O)cc34)CC2)cc1. The number of carbonyl (C=O) groups is 1. The van der Waals surface area contributed by atoms with E-state index in [1.54, 1.807) is 12.4 Å². The fourth-order valence-corrected chi connectivity index (χ4v) is 4.51. The highest BCUT2D eigenvalue weighted by atomic mass is 32.2. The smallest absolute Gasteiger partial charge is 0.321 e. The summed E-state index contributed by atoms with van der Waals surface area (Å²) in [7, 11) is -3.53. The van der Waals surface area contributed by atoms with Crippen LogP contribution in [0.2, 0.25) is 0 Å². The Morgan fingerprint density at radius 1 is 1.11 bits per heavy atom. The molecule has 0 unspecified atom stereocenters. The molecule has 1 aliphatic rings. The van der Waals surface area contributed by atoms with Crippen LogP contribution < -0.4 is 10.1 Å². The Morgan fingerprint density at radius 3 is 2.49 bits per heavy atom. The van der Waals surface area contributed by atoms with Crippen molar-refractivity contribution in [3.8, 4) is 5.75 Å². The number of hydrogen-bond acceptors (Lipinski definition) is 7. The number of hydrogen-bond donors (Lipinski definition) is 1. The van der Waals surface area contributed by atoms with Gasteiger partial charge in [0.25, 0.3) is 10.1 Å². The topological polar surface area (TPSA) is 111 Å². The van der Waals surface area contributed by atoms with E-state index in [9.17, 15) is 13.2 Å². The van der Waals surface area contributed by atoms with Crippen LogP contribution in [-0.4, -0.2) is 54.8 Å². The largest absolute Gasteiger partial charge is 0.491 e. The van der Waals surface area contributed by atoms with E-state index < -0.39 is 10.1 Å². The number of piperidine rings is 1. The van der Waals surface area contributed by atoms with Crippen molar-refractivity contribution in [2.45, 2.75) is 45.3 Å². The van der Waals surface area contributed by atoms with Gasteiger partial charge in [0.1, 0.15) is 12.1 Å². The highest BCUT2D eigenvalue weighted by Crippen LogP contribution is 2.32. The van der Waals surface area contributed by atoms with Crippen molar-refractivity contribution in [2.75, 3.05) is 24.7 Å². The molecule has 0 radical (unpaired) electrons. The van der Waals surface area contributed by atoms with Crippen molar-refractivity contribution in [3.63, 3.8) is 0 Å². The summed E-state index contributed by atoms with van der Waals surface area (Å²) in [6, 6.07) is 12.8. The lowest BCUT2D eigenvalue weighted by Crippen LogP contribution is -2.40. The molecule has 35 heavy (non-hydrogen) atoms. The third-order valence-corrected chi connectivity index (χ3v) is 6.36. The molecule has 1 saturated heterocycles. The Bertz CT molecular complexity index is 1290. The summed E-state index contributed by atoms with van der Waals surface area (Å²) in [4.78, 5) is 23.5. The molecule has 1 aromatic heterocycles. The monoisotopic (exact) mass is 498 g/mol. The van der Waals surface area contributed by atoms with Crippen LogP contribution >= 0.6 is 0 Å².